The summed E-state index contributed by atoms with van der Waals surface area (Å²) in [5.41, 5.74) is 0.347. The van der Waals surface area contributed by atoms with Crippen molar-refractivity contribution in [2.45, 2.75) is 34.1 Å². The fraction of sp³-hybridized carbons (Fsp3) is 0.778. The molecule has 12 heavy (non-hydrogen) atoms. The lowest BCUT2D eigenvalue weighted by Crippen LogP contribution is -2.19. The molecule has 0 spiro atoms. The van der Waals surface area contributed by atoms with E-state index in [-0.39, 0.29) is 17.8 Å². The van der Waals surface area contributed by atoms with Gasteiger partial charge in [0.05, 0.1) is 13.0 Å². The zero-order valence-corrected chi connectivity index (χ0v) is 8.23. The highest BCUT2D eigenvalue weighted by Crippen LogP contribution is 2.13. The predicted octanol–water partition coefficient (Wildman–Crippen LogP) is 2.01. The zero-order valence-electron chi connectivity index (χ0n) is 8.23. The van der Waals surface area contributed by atoms with Gasteiger partial charge in [0.25, 0.3) is 0 Å². The minimum atomic E-state index is -0.308. The Balaban J connectivity index is 3.65. The fourth-order valence-electron chi connectivity index (χ4n) is 0.565. The van der Waals surface area contributed by atoms with E-state index in [2.05, 4.69) is 0 Å². The SMILES string of the molecule is CC(=N)CC(=O)OCC(C)(C)C. The lowest BCUT2D eigenvalue weighted by Gasteiger charge is -2.17. The fourth-order valence-corrected chi connectivity index (χ4v) is 0.565. The van der Waals surface area contributed by atoms with Crippen molar-refractivity contribution in [2.75, 3.05) is 6.61 Å². The van der Waals surface area contributed by atoms with Gasteiger partial charge in [-0.15, -0.1) is 0 Å². The monoisotopic (exact) mass is 171 g/mol. The molecule has 3 nitrogen and oxygen atoms in total. The van der Waals surface area contributed by atoms with Gasteiger partial charge in [0.1, 0.15) is 0 Å². The van der Waals surface area contributed by atoms with Gasteiger partial charge in [-0.2, -0.15) is 0 Å². The van der Waals surface area contributed by atoms with Crippen LogP contribution in [0.3, 0.4) is 0 Å². The van der Waals surface area contributed by atoms with Crippen molar-refractivity contribution in [2.24, 2.45) is 5.41 Å². The standard InChI is InChI=1S/C9H17NO2/c1-7(10)5-8(11)12-6-9(2,3)4/h10H,5-6H2,1-4H3. The van der Waals surface area contributed by atoms with E-state index in [0.717, 1.165) is 0 Å². The molecule has 0 atom stereocenters. The Hall–Kier alpha value is -0.860. The molecule has 0 rings (SSSR count). The average molecular weight is 171 g/mol. The molecule has 0 heterocycles. The van der Waals surface area contributed by atoms with Gasteiger partial charge in [0.15, 0.2) is 0 Å². The molecule has 1 N–H and O–H groups in total. The van der Waals surface area contributed by atoms with Crippen LogP contribution in [0.15, 0.2) is 0 Å². The third-order valence-electron chi connectivity index (χ3n) is 1.08. The molecule has 70 valence electrons. The second-order valence-corrected chi connectivity index (χ2v) is 4.18. The predicted molar refractivity (Wildman–Crippen MR) is 48.4 cm³/mol. The first-order chi connectivity index (χ1) is 5.31. The van der Waals surface area contributed by atoms with Gasteiger partial charge in [0.2, 0.25) is 0 Å². The number of esters is 1. The van der Waals surface area contributed by atoms with Crippen LogP contribution < -0.4 is 0 Å². The lowest BCUT2D eigenvalue weighted by molar-refractivity contribution is -0.144. The van der Waals surface area contributed by atoms with Crippen LogP contribution in [0.25, 0.3) is 0 Å². The maximum absolute atomic E-state index is 10.9. The molecule has 0 radical (unpaired) electrons. The molecule has 0 bridgehead atoms. The van der Waals surface area contributed by atoms with Crippen LogP contribution in [0.5, 0.6) is 0 Å². The summed E-state index contributed by atoms with van der Waals surface area (Å²) < 4.78 is 4.94. The number of ether oxygens (including phenoxy) is 1. The van der Waals surface area contributed by atoms with Gasteiger partial charge in [-0.05, 0) is 12.3 Å². The molecule has 0 aliphatic rings. The highest BCUT2D eigenvalue weighted by atomic mass is 16.5. The molecule has 0 fully saturated rings. The number of carbonyl (C=O) groups excluding carboxylic acids is 1. The van der Waals surface area contributed by atoms with Crippen LogP contribution in [0.2, 0.25) is 0 Å². The summed E-state index contributed by atoms with van der Waals surface area (Å²) in [6, 6.07) is 0. The minimum Gasteiger partial charge on any atom is -0.465 e. The first kappa shape index (κ1) is 11.1. The average Bonchev–Trinajstić information content (AvgIpc) is 1.80. The van der Waals surface area contributed by atoms with Crippen LogP contribution in [-0.4, -0.2) is 18.3 Å². The maximum Gasteiger partial charge on any atom is 0.311 e. The number of nitrogens with one attached hydrogen (secondary N) is 1. The maximum atomic E-state index is 10.9. The van der Waals surface area contributed by atoms with Gasteiger partial charge in [-0.25, -0.2) is 0 Å². The largest absolute Gasteiger partial charge is 0.465 e. The van der Waals surface area contributed by atoms with Gasteiger partial charge in [-0.3, -0.25) is 4.79 Å². The van der Waals surface area contributed by atoms with E-state index >= 15 is 0 Å². The Kier molecular flexibility index (Phi) is 3.93. The van der Waals surface area contributed by atoms with Crippen molar-refractivity contribution in [3.05, 3.63) is 0 Å². The summed E-state index contributed by atoms with van der Waals surface area (Å²) in [7, 11) is 0. The van der Waals surface area contributed by atoms with Crippen LogP contribution in [-0.2, 0) is 9.53 Å². The van der Waals surface area contributed by atoms with Crippen molar-refractivity contribution >= 4 is 11.7 Å². The van der Waals surface area contributed by atoms with Crippen molar-refractivity contribution in [3.63, 3.8) is 0 Å². The molecule has 3 heteroatoms. The minimum absolute atomic E-state index is 0.00555. The molecular weight excluding hydrogens is 154 g/mol. The van der Waals surface area contributed by atoms with E-state index in [4.69, 9.17) is 10.1 Å². The Morgan fingerprint density at radius 2 is 1.92 bits per heavy atom. The summed E-state index contributed by atoms with van der Waals surface area (Å²) in [5.74, 6) is -0.308. The number of carbonyl (C=O) groups is 1. The molecule has 0 aromatic rings. The van der Waals surface area contributed by atoms with Crippen molar-refractivity contribution in [1.82, 2.24) is 0 Å². The lowest BCUT2D eigenvalue weighted by atomic mass is 9.99. The van der Waals surface area contributed by atoms with Gasteiger partial charge in [0, 0.05) is 5.71 Å². The quantitative estimate of drug-likeness (QED) is 0.521. The highest BCUT2D eigenvalue weighted by Gasteiger charge is 2.13. The normalized spacial score (nSPS) is 11.0. The third kappa shape index (κ3) is 7.25. The summed E-state index contributed by atoms with van der Waals surface area (Å²) in [6.45, 7) is 8.00. The second-order valence-electron chi connectivity index (χ2n) is 4.18. The number of hydrogen-bond acceptors (Lipinski definition) is 3. The summed E-state index contributed by atoms with van der Waals surface area (Å²) in [4.78, 5) is 10.9. The van der Waals surface area contributed by atoms with Crippen molar-refractivity contribution in [1.29, 1.82) is 5.41 Å². The van der Waals surface area contributed by atoms with E-state index in [9.17, 15) is 4.79 Å². The van der Waals surface area contributed by atoms with Crippen molar-refractivity contribution < 1.29 is 9.53 Å². The van der Waals surface area contributed by atoms with Crippen molar-refractivity contribution in [3.8, 4) is 0 Å². The molecular formula is C9H17NO2. The molecule has 0 unspecified atom stereocenters. The second kappa shape index (κ2) is 4.24. The van der Waals surface area contributed by atoms with Gasteiger partial charge >= 0.3 is 5.97 Å². The summed E-state index contributed by atoms with van der Waals surface area (Å²) >= 11 is 0. The zero-order chi connectivity index (χ0) is 9.78. The van der Waals surface area contributed by atoms with Crippen LogP contribution in [0, 0.1) is 10.8 Å². The number of hydrogen-bond donors (Lipinski definition) is 1. The van der Waals surface area contributed by atoms with Gasteiger partial charge < -0.3 is 10.1 Å². The van der Waals surface area contributed by atoms with E-state index < -0.39 is 0 Å². The molecule has 0 aliphatic carbocycles. The van der Waals surface area contributed by atoms with E-state index in [1.165, 1.54) is 0 Å². The Morgan fingerprint density at radius 1 is 1.42 bits per heavy atom. The Labute approximate surface area is 73.6 Å². The first-order valence-electron chi connectivity index (χ1n) is 4.01. The smallest absolute Gasteiger partial charge is 0.311 e. The van der Waals surface area contributed by atoms with E-state index in [0.29, 0.717) is 12.3 Å². The molecule has 0 saturated carbocycles. The molecule has 0 aromatic heterocycles. The summed E-state index contributed by atoms with van der Waals surface area (Å²) in [6.07, 6.45) is 0.107. The van der Waals surface area contributed by atoms with E-state index in [1.807, 2.05) is 20.8 Å². The first-order valence-corrected chi connectivity index (χ1v) is 4.01. The van der Waals surface area contributed by atoms with E-state index in [1.54, 1.807) is 6.92 Å². The molecule has 0 saturated heterocycles. The highest BCUT2D eigenvalue weighted by molar-refractivity contribution is 5.95. The summed E-state index contributed by atoms with van der Waals surface area (Å²) in [5, 5.41) is 7.06. The number of rotatable bonds is 3. The molecule has 0 aliphatic heterocycles. The third-order valence-corrected chi connectivity index (χ3v) is 1.08. The molecule has 0 aromatic carbocycles. The van der Waals surface area contributed by atoms with Gasteiger partial charge in [-0.1, -0.05) is 20.8 Å². The molecule has 0 amide bonds. The topological polar surface area (TPSA) is 50.2 Å². The Morgan fingerprint density at radius 3 is 2.25 bits per heavy atom. The Bertz CT molecular complexity index is 179. The van der Waals surface area contributed by atoms with Crippen LogP contribution in [0.4, 0.5) is 0 Å². The van der Waals surface area contributed by atoms with Crippen LogP contribution >= 0.6 is 0 Å². The van der Waals surface area contributed by atoms with Crippen LogP contribution in [0.1, 0.15) is 34.1 Å².